The number of carboxylic acids is 1. The number of aromatic nitrogens is 3. The van der Waals surface area contributed by atoms with E-state index < -0.39 is 5.97 Å². The number of hydrogen-bond acceptors (Lipinski definition) is 8. The molecule has 1 aliphatic carbocycles. The number of pyridine rings is 1. The van der Waals surface area contributed by atoms with Crippen molar-refractivity contribution in [2.45, 2.75) is 64.1 Å². The number of rotatable bonds is 12. The largest absolute Gasteiger partial charge is 0.496 e. The molecule has 54 heavy (non-hydrogen) atoms. The summed E-state index contributed by atoms with van der Waals surface area (Å²) in [5.74, 6) is 0.301. The molecule has 1 unspecified atom stereocenters. The standard InChI is InChI=1S/C40H45Cl2N7O5/c1-48-32-15-17-49(21-23-6-8-24(9-7-23)40(52)53)22-31(32)46-38(48)39(51)47-30-5-3-4-28(35(30)41)29-14-16-44-37(36(29)42)25-10-11-26(33(18-25)54-2)19-43-20-27-12-13-34(50)45-27/h3-5,10-11,14,16,18,23-24,27,43H,6-9,12-13,15,17,19-22H2,1-2H3,(H,45,50)(H,47,51)(H,52,53). The van der Waals surface area contributed by atoms with Gasteiger partial charge >= 0.3 is 5.97 Å². The molecule has 2 fully saturated rings. The number of aliphatic carboxylic acids is 1. The number of anilines is 1. The van der Waals surface area contributed by atoms with Crippen molar-refractivity contribution < 1.29 is 24.2 Å². The van der Waals surface area contributed by atoms with Gasteiger partial charge in [-0.3, -0.25) is 24.3 Å². The van der Waals surface area contributed by atoms with Crippen LogP contribution in [0.25, 0.3) is 22.4 Å². The highest BCUT2D eigenvalue weighted by Gasteiger charge is 2.30. The Labute approximate surface area is 324 Å². The molecule has 4 N–H and O–H groups in total. The second kappa shape index (κ2) is 16.5. The molecule has 2 amide bonds. The van der Waals surface area contributed by atoms with Crippen LogP contribution in [-0.4, -0.2) is 75.1 Å². The van der Waals surface area contributed by atoms with Crippen LogP contribution in [0.1, 0.15) is 66.1 Å². The number of hydrogen-bond donors (Lipinski definition) is 4. The van der Waals surface area contributed by atoms with Crippen LogP contribution < -0.4 is 20.7 Å². The number of benzene rings is 2. The lowest BCUT2D eigenvalue weighted by Crippen LogP contribution is -2.36. The van der Waals surface area contributed by atoms with Gasteiger partial charge in [-0.2, -0.15) is 0 Å². The van der Waals surface area contributed by atoms with Crippen LogP contribution in [0.2, 0.25) is 10.0 Å². The molecule has 2 aliphatic heterocycles. The minimum atomic E-state index is -0.684. The Morgan fingerprint density at radius 2 is 1.83 bits per heavy atom. The molecular formula is C40H45Cl2N7O5. The van der Waals surface area contributed by atoms with Gasteiger partial charge in [0.25, 0.3) is 5.91 Å². The number of methoxy groups -OCH3 is 1. The average molecular weight is 775 g/mol. The number of nitrogens with one attached hydrogen (secondary N) is 3. The molecule has 284 valence electrons. The Morgan fingerprint density at radius 1 is 1.04 bits per heavy atom. The molecule has 4 aromatic rings. The fourth-order valence-corrected chi connectivity index (χ4v) is 8.61. The monoisotopic (exact) mass is 773 g/mol. The minimum Gasteiger partial charge on any atom is -0.496 e. The highest BCUT2D eigenvalue weighted by Crippen LogP contribution is 2.41. The van der Waals surface area contributed by atoms with Gasteiger partial charge in [-0.25, -0.2) is 4.98 Å². The van der Waals surface area contributed by atoms with Crippen molar-refractivity contribution in [2.24, 2.45) is 18.9 Å². The number of carbonyl (C=O) groups is 3. The van der Waals surface area contributed by atoms with Crippen LogP contribution in [0, 0.1) is 11.8 Å². The van der Waals surface area contributed by atoms with Gasteiger partial charge in [0.15, 0.2) is 5.82 Å². The first-order valence-corrected chi connectivity index (χ1v) is 19.3. The first kappa shape index (κ1) is 37.8. The summed E-state index contributed by atoms with van der Waals surface area (Å²) in [6, 6.07) is 13.2. The summed E-state index contributed by atoms with van der Waals surface area (Å²) in [4.78, 5) is 48.3. The average Bonchev–Trinajstić information content (AvgIpc) is 3.74. The van der Waals surface area contributed by atoms with Crippen LogP contribution in [0.15, 0.2) is 48.7 Å². The number of halogens is 2. The molecule has 12 nitrogen and oxygen atoms in total. The van der Waals surface area contributed by atoms with Gasteiger partial charge in [-0.15, -0.1) is 0 Å². The molecule has 14 heteroatoms. The maximum absolute atomic E-state index is 13.7. The Morgan fingerprint density at radius 3 is 2.57 bits per heavy atom. The third kappa shape index (κ3) is 8.12. The molecule has 1 saturated heterocycles. The second-order valence-corrected chi connectivity index (χ2v) is 15.3. The van der Waals surface area contributed by atoms with E-state index in [2.05, 4.69) is 25.8 Å². The van der Waals surface area contributed by atoms with Gasteiger partial charge in [0.2, 0.25) is 5.91 Å². The van der Waals surface area contributed by atoms with E-state index in [1.807, 2.05) is 41.9 Å². The summed E-state index contributed by atoms with van der Waals surface area (Å²) in [6.45, 7) is 3.68. The van der Waals surface area contributed by atoms with Crippen molar-refractivity contribution in [3.63, 3.8) is 0 Å². The highest BCUT2D eigenvalue weighted by atomic mass is 35.5. The summed E-state index contributed by atoms with van der Waals surface area (Å²) in [5, 5.41) is 19.5. The van der Waals surface area contributed by atoms with E-state index in [0.717, 1.165) is 74.1 Å². The zero-order valence-corrected chi connectivity index (χ0v) is 32.0. The highest BCUT2D eigenvalue weighted by molar-refractivity contribution is 6.39. The smallest absolute Gasteiger partial charge is 0.306 e. The number of fused-ring (bicyclic) bond motifs is 1. The van der Waals surface area contributed by atoms with E-state index in [9.17, 15) is 19.5 Å². The summed E-state index contributed by atoms with van der Waals surface area (Å²) in [5.41, 5.74) is 5.97. The van der Waals surface area contributed by atoms with E-state index in [-0.39, 0.29) is 23.8 Å². The molecule has 2 aromatic carbocycles. The normalized spacial score (nSPS) is 20.0. The van der Waals surface area contributed by atoms with E-state index >= 15 is 0 Å². The number of carboxylic acid groups (broad SMARTS) is 1. The minimum absolute atomic E-state index is 0.0929. The van der Waals surface area contributed by atoms with Gasteiger partial charge in [-0.1, -0.05) is 47.5 Å². The SMILES string of the molecule is COc1cc(-c2nccc(-c3cccc(NC(=O)c4nc5c(n4C)CCN(CC4CCC(C(=O)O)CC4)C5)c3Cl)c2Cl)ccc1CNCC1CCC(=O)N1. The summed E-state index contributed by atoms with van der Waals surface area (Å²) in [7, 11) is 3.49. The molecule has 3 aliphatic rings. The fourth-order valence-electron chi connectivity index (χ4n) is 8.02. The molecule has 0 spiro atoms. The Balaban J connectivity index is 1.03. The number of nitrogens with zero attached hydrogens (tertiary/aromatic N) is 4. The third-order valence-electron chi connectivity index (χ3n) is 11.0. The Hall–Kier alpha value is -4.49. The molecule has 4 heterocycles. The quantitative estimate of drug-likeness (QED) is 0.129. The van der Waals surface area contributed by atoms with Gasteiger partial charge in [0.05, 0.1) is 40.1 Å². The summed E-state index contributed by atoms with van der Waals surface area (Å²) < 4.78 is 7.59. The summed E-state index contributed by atoms with van der Waals surface area (Å²) >= 11 is 14.0. The van der Waals surface area contributed by atoms with Crippen molar-refractivity contribution in [3.8, 4) is 28.1 Å². The lowest BCUT2D eigenvalue weighted by atomic mass is 9.81. The number of carbonyl (C=O) groups excluding carboxylic acids is 2. The van der Waals surface area contributed by atoms with Crippen molar-refractivity contribution in [1.29, 1.82) is 0 Å². The first-order valence-electron chi connectivity index (χ1n) is 18.5. The van der Waals surface area contributed by atoms with Gasteiger partial charge in [0, 0.05) is 92.8 Å². The van der Waals surface area contributed by atoms with Crippen LogP contribution >= 0.6 is 23.2 Å². The third-order valence-corrected chi connectivity index (χ3v) is 11.8. The van der Waals surface area contributed by atoms with E-state index in [1.54, 1.807) is 25.4 Å². The van der Waals surface area contributed by atoms with Crippen LogP contribution in [0.5, 0.6) is 5.75 Å². The molecule has 1 atom stereocenters. The molecule has 1 saturated carbocycles. The van der Waals surface area contributed by atoms with Gasteiger partial charge in [-0.05, 0) is 56.2 Å². The molecule has 7 rings (SSSR count). The van der Waals surface area contributed by atoms with E-state index in [0.29, 0.717) is 76.1 Å². The lowest BCUT2D eigenvalue weighted by Gasteiger charge is -2.33. The molecule has 0 bridgehead atoms. The Kier molecular flexibility index (Phi) is 11.5. The van der Waals surface area contributed by atoms with Gasteiger partial charge in [0.1, 0.15) is 5.75 Å². The van der Waals surface area contributed by atoms with Crippen LogP contribution in [0.3, 0.4) is 0 Å². The van der Waals surface area contributed by atoms with Crippen molar-refractivity contribution >= 4 is 46.7 Å². The van der Waals surface area contributed by atoms with Crippen LogP contribution in [-0.2, 0) is 36.1 Å². The number of imidazole rings is 1. The predicted octanol–water partition coefficient (Wildman–Crippen LogP) is 6.33. The molecule has 2 aromatic heterocycles. The first-order chi connectivity index (χ1) is 26.1. The predicted molar refractivity (Wildman–Crippen MR) is 208 cm³/mol. The van der Waals surface area contributed by atoms with E-state index in [4.69, 9.17) is 32.9 Å². The topological polar surface area (TPSA) is 151 Å². The number of ether oxygens (including phenoxy) is 1. The van der Waals surface area contributed by atoms with Crippen molar-refractivity contribution in [3.05, 3.63) is 81.5 Å². The molecule has 0 radical (unpaired) electrons. The maximum Gasteiger partial charge on any atom is 0.306 e. The zero-order valence-electron chi connectivity index (χ0n) is 30.5. The second-order valence-electron chi connectivity index (χ2n) is 14.5. The fraction of sp³-hybridized carbons (Fsp3) is 0.425. The van der Waals surface area contributed by atoms with Crippen LogP contribution in [0.4, 0.5) is 5.69 Å². The lowest BCUT2D eigenvalue weighted by molar-refractivity contribution is -0.143. The van der Waals surface area contributed by atoms with Gasteiger partial charge < -0.3 is 30.4 Å². The Bertz CT molecular complexity index is 2060. The van der Waals surface area contributed by atoms with Crippen molar-refractivity contribution in [2.75, 3.05) is 32.1 Å². The molecular weight excluding hydrogens is 729 g/mol. The number of amides is 2. The summed E-state index contributed by atoms with van der Waals surface area (Å²) in [6.07, 6.45) is 7.17. The van der Waals surface area contributed by atoms with Crippen molar-refractivity contribution in [1.82, 2.24) is 30.1 Å². The zero-order chi connectivity index (χ0) is 37.9. The van der Waals surface area contributed by atoms with E-state index in [1.165, 1.54) is 0 Å². The maximum atomic E-state index is 13.7.